The summed E-state index contributed by atoms with van der Waals surface area (Å²) in [4.78, 5) is 10.6. The van der Waals surface area contributed by atoms with E-state index in [-0.39, 0.29) is 17.6 Å². The number of carboxylic acid groups (broad SMARTS) is 1. The average Bonchev–Trinajstić information content (AvgIpc) is 3.21. The van der Waals surface area contributed by atoms with Gasteiger partial charge in [-0.25, -0.2) is 4.68 Å². The second-order valence-electron chi connectivity index (χ2n) is 6.93. The molecule has 6 heteroatoms. The van der Waals surface area contributed by atoms with Crippen LogP contribution in [0.2, 0.25) is 0 Å². The van der Waals surface area contributed by atoms with Crippen LogP contribution in [0.15, 0.2) is 55.5 Å². The quantitative estimate of drug-likeness (QED) is 0.858. The van der Waals surface area contributed by atoms with Crippen LogP contribution in [-0.4, -0.2) is 32.6 Å². The minimum atomic E-state index is -0.747. The second kappa shape index (κ2) is 8.67. The Kier molecular flexibility index (Phi) is 6.58. The predicted octanol–water partition coefficient (Wildman–Crippen LogP) is 3.38. The van der Waals surface area contributed by atoms with Crippen molar-refractivity contribution in [3.8, 4) is 5.69 Å². The number of hydrogen-bond donors (Lipinski definition) is 2. The molecular formula is C20H27N3O3. The highest BCUT2D eigenvalue weighted by Gasteiger charge is 2.41. The first kappa shape index (κ1) is 19.7. The lowest BCUT2D eigenvalue weighted by molar-refractivity contribution is -0.143. The molecule has 3 rings (SSSR count). The maximum Gasteiger partial charge on any atom is 0.309 e. The number of aromatic nitrogens is 2. The summed E-state index contributed by atoms with van der Waals surface area (Å²) < 4.78 is 7.28. The fraction of sp³-hybridized carbons (Fsp3) is 0.400. The molecule has 0 radical (unpaired) electrons. The summed E-state index contributed by atoms with van der Waals surface area (Å²) in [5.74, 6) is -1.08. The lowest BCUT2D eigenvalue weighted by atomic mass is 9.95. The van der Waals surface area contributed by atoms with E-state index in [2.05, 4.69) is 29.1 Å². The van der Waals surface area contributed by atoms with Gasteiger partial charge in [-0.15, -0.1) is 0 Å². The molecule has 140 valence electrons. The van der Waals surface area contributed by atoms with E-state index in [1.165, 1.54) is 5.56 Å². The van der Waals surface area contributed by atoms with Gasteiger partial charge in [0.25, 0.3) is 0 Å². The van der Waals surface area contributed by atoms with Crippen molar-refractivity contribution in [1.82, 2.24) is 15.1 Å². The Bertz CT molecular complexity index is 708. The van der Waals surface area contributed by atoms with Crippen LogP contribution in [-0.2, 0) is 16.1 Å². The molecule has 1 fully saturated rings. The molecule has 0 aliphatic carbocycles. The average molecular weight is 357 g/mol. The van der Waals surface area contributed by atoms with Crippen LogP contribution in [0, 0.1) is 5.92 Å². The van der Waals surface area contributed by atoms with Crippen molar-refractivity contribution >= 4 is 5.97 Å². The topological polar surface area (TPSA) is 76.4 Å². The van der Waals surface area contributed by atoms with E-state index >= 15 is 0 Å². The molecule has 2 atom stereocenters. The van der Waals surface area contributed by atoms with Crippen LogP contribution in [0.5, 0.6) is 0 Å². The van der Waals surface area contributed by atoms with Crippen molar-refractivity contribution in [1.29, 1.82) is 0 Å². The Labute approximate surface area is 154 Å². The number of nitrogens with one attached hydrogen (secondary N) is 1. The normalized spacial score (nSPS) is 20.7. The van der Waals surface area contributed by atoms with Crippen LogP contribution >= 0.6 is 0 Å². The van der Waals surface area contributed by atoms with Crippen LogP contribution in [0.3, 0.4) is 0 Å². The number of carbonyl (C=O) groups is 1. The highest BCUT2D eigenvalue weighted by atomic mass is 16.5. The molecule has 1 aliphatic heterocycles. The van der Waals surface area contributed by atoms with Crippen LogP contribution in [0.25, 0.3) is 5.69 Å². The molecule has 0 saturated carbocycles. The molecule has 1 saturated heterocycles. The van der Waals surface area contributed by atoms with E-state index in [0.717, 1.165) is 12.2 Å². The van der Waals surface area contributed by atoms with E-state index < -0.39 is 5.97 Å². The molecule has 2 unspecified atom stereocenters. The Balaban J connectivity index is 0.000000197. The van der Waals surface area contributed by atoms with Gasteiger partial charge in [0, 0.05) is 18.9 Å². The minimum Gasteiger partial charge on any atom is -0.481 e. The van der Waals surface area contributed by atoms with Crippen LogP contribution < -0.4 is 5.32 Å². The van der Waals surface area contributed by atoms with E-state index in [0.29, 0.717) is 6.42 Å². The van der Waals surface area contributed by atoms with E-state index in [1.807, 2.05) is 49.8 Å². The lowest BCUT2D eigenvalue weighted by Gasteiger charge is -2.16. The molecule has 0 amide bonds. The van der Waals surface area contributed by atoms with Gasteiger partial charge in [0.15, 0.2) is 0 Å². The standard InChI is InChI=1S/C12H13N3.C8H14O3/c1-2-13-10-11-4-6-12(7-5-11)15-9-3-8-14-15;1-5-6(7(9)10)4-8(2,3)11-5/h2-9,13H,1,10H2;5-6H,4H2,1-3H3,(H,9,10). The number of ether oxygens (including phenoxy) is 1. The van der Waals surface area contributed by atoms with Crippen molar-refractivity contribution < 1.29 is 14.6 Å². The van der Waals surface area contributed by atoms with Crippen molar-refractivity contribution in [3.63, 3.8) is 0 Å². The Morgan fingerprint density at radius 2 is 2.15 bits per heavy atom. The van der Waals surface area contributed by atoms with E-state index in [4.69, 9.17) is 9.84 Å². The van der Waals surface area contributed by atoms with E-state index in [1.54, 1.807) is 12.4 Å². The summed E-state index contributed by atoms with van der Waals surface area (Å²) in [7, 11) is 0. The predicted molar refractivity (Wildman–Crippen MR) is 101 cm³/mol. The lowest BCUT2D eigenvalue weighted by Crippen LogP contribution is -2.20. The van der Waals surface area contributed by atoms with Gasteiger partial charge in [0.2, 0.25) is 0 Å². The summed E-state index contributed by atoms with van der Waals surface area (Å²) in [6.45, 7) is 10.1. The molecular weight excluding hydrogens is 330 g/mol. The fourth-order valence-corrected chi connectivity index (χ4v) is 3.00. The first-order chi connectivity index (χ1) is 12.3. The number of rotatable bonds is 5. The van der Waals surface area contributed by atoms with Gasteiger partial charge in [-0.05, 0) is 57.2 Å². The number of hydrogen-bond acceptors (Lipinski definition) is 4. The van der Waals surface area contributed by atoms with E-state index in [9.17, 15) is 4.79 Å². The number of carboxylic acids is 1. The Morgan fingerprint density at radius 1 is 1.46 bits per heavy atom. The van der Waals surface area contributed by atoms with Crippen molar-refractivity contribution in [2.24, 2.45) is 5.92 Å². The molecule has 26 heavy (non-hydrogen) atoms. The first-order valence-electron chi connectivity index (χ1n) is 8.66. The monoisotopic (exact) mass is 357 g/mol. The van der Waals surface area contributed by atoms with Crippen molar-refractivity contribution in [3.05, 3.63) is 61.1 Å². The highest BCUT2D eigenvalue weighted by Crippen LogP contribution is 2.34. The van der Waals surface area contributed by atoms with Crippen LogP contribution in [0.1, 0.15) is 32.8 Å². The number of aliphatic carboxylic acids is 1. The zero-order valence-electron chi connectivity index (χ0n) is 15.6. The third-order valence-electron chi connectivity index (χ3n) is 4.26. The molecule has 1 aromatic carbocycles. The SMILES string of the molecule is C=CNCc1ccc(-n2cccn2)cc1.CC1OC(C)(C)CC1C(=O)O. The molecule has 2 aromatic rings. The molecule has 2 N–H and O–H groups in total. The van der Waals surface area contributed by atoms with Crippen molar-refractivity contribution in [2.75, 3.05) is 0 Å². The molecule has 0 bridgehead atoms. The largest absolute Gasteiger partial charge is 0.481 e. The maximum absolute atomic E-state index is 10.6. The van der Waals surface area contributed by atoms with Crippen molar-refractivity contribution in [2.45, 2.75) is 45.4 Å². The summed E-state index contributed by atoms with van der Waals surface area (Å²) in [5, 5.41) is 16.0. The molecule has 2 heterocycles. The second-order valence-corrected chi connectivity index (χ2v) is 6.93. The third kappa shape index (κ3) is 5.46. The maximum atomic E-state index is 10.6. The summed E-state index contributed by atoms with van der Waals surface area (Å²) >= 11 is 0. The van der Waals surface area contributed by atoms with Gasteiger partial charge in [-0.3, -0.25) is 4.79 Å². The smallest absolute Gasteiger partial charge is 0.309 e. The fourth-order valence-electron chi connectivity index (χ4n) is 3.00. The van der Waals surface area contributed by atoms with Gasteiger partial charge in [0.05, 0.1) is 23.3 Å². The highest BCUT2D eigenvalue weighted by molar-refractivity contribution is 5.71. The molecule has 6 nitrogen and oxygen atoms in total. The number of benzene rings is 1. The summed E-state index contributed by atoms with van der Waals surface area (Å²) in [6.07, 6.45) is 5.86. The first-order valence-corrected chi connectivity index (χ1v) is 8.66. The Morgan fingerprint density at radius 3 is 2.58 bits per heavy atom. The Hall–Kier alpha value is -2.60. The van der Waals surface area contributed by atoms with Gasteiger partial charge >= 0.3 is 5.97 Å². The summed E-state index contributed by atoms with van der Waals surface area (Å²) in [5.41, 5.74) is 2.04. The molecule has 1 aliphatic rings. The molecule has 0 spiro atoms. The molecule has 1 aromatic heterocycles. The van der Waals surface area contributed by atoms with Gasteiger partial charge < -0.3 is 15.2 Å². The van der Waals surface area contributed by atoms with Gasteiger partial charge in [-0.1, -0.05) is 18.7 Å². The third-order valence-corrected chi connectivity index (χ3v) is 4.26. The van der Waals surface area contributed by atoms with Crippen LogP contribution in [0.4, 0.5) is 0 Å². The summed E-state index contributed by atoms with van der Waals surface area (Å²) in [6, 6.07) is 10.2. The zero-order valence-corrected chi connectivity index (χ0v) is 15.6. The van der Waals surface area contributed by atoms with Gasteiger partial charge in [-0.2, -0.15) is 5.10 Å². The van der Waals surface area contributed by atoms with Gasteiger partial charge in [0.1, 0.15) is 0 Å². The zero-order chi connectivity index (χ0) is 19.2. The number of nitrogens with zero attached hydrogens (tertiary/aromatic N) is 2. The minimum absolute atomic E-state index is 0.150.